The quantitative estimate of drug-likeness (QED) is 0.0364. The highest BCUT2D eigenvalue weighted by molar-refractivity contribution is 5.95. The molecule has 5 heterocycles. The molecule has 3 aliphatic heterocycles. The highest BCUT2D eigenvalue weighted by atomic mass is 19.1. The number of likely N-dealkylation sites (N-methyl/N-ethyl adjacent to an activating group) is 1. The Labute approximate surface area is 490 Å². The number of hydrogen-bond acceptors (Lipinski definition) is 16. The minimum Gasteiger partial charge on any atom is -0.381 e. The van der Waals surface area contributed by atoms with Crippen molar-refractivity contribution in [3.05, 3.63) is 94.3 Å². The van der Waals surface area contributed by atoms with Crippen molar-refractivity contribution in [3.8, 4) is 11.3 Å². The summed E-state index contributed by atoms with van der Waals surface area (Å²) in [7, 11) is 3.25. The van der Waals surface area contributed by atoms with Crippen LogP contribution in [0.1, 0.15) is 112 Å². The molecule has 0 unspecified atom stereocenters. The van der Waals surface area contributed by atoms with Crippen LogP contribution in [0, 0.1) is 17.8 Å². The van der Waals surface area contributed by atoms with Gasteiger partial charge in [-0.1, -0.05) is 64.6 Å². The smallest absolute Gasteiger partial charge is 0.305 e. The van der Waals surface area contributed by atoms with Crippen LogP contribution in [0.2, 0.25) is 0 Å². The number of nitrogen functional groups attached to an aromatic ring is 1. The van der Waals surface area contributed by atoms with Crippen molar-refractivity contribution in [2.45, 2.75) is 122 Å². The first kappa shape index (κ1) is 63.9. The molecule has 2 aromatic heterocycles. The van der Waals surface area contributed by atoms with Gasteiger partial charge in [-0.15, -0.1) is 0 Å². The Kier molecular flexibility index (Phi) is 23.0. The number of nitrogens with zero attached hydrogens (tertiary/aromatic N) is 8. The molecule has 0 radical (unpaired) electrons. The number of likely N-dealkylation sites (tertiary alicyclic amines) is 1. The molecule has 3 aliphatic rings. The van der Waals surface area contributed by atoms with Crippen molar-refractivity contribution in [1.82, 2.24) is 56.1 Å². The number of nitrogens with two attached hydrogens (primary N) is 1. The van der Waals surface area contributed by atoms with E-state index < -0.39 is 47.2 Å². The maximum Gasteiger partial charge on any atom is 0.305 e. The summed E-state index contributed by atoms with van der Waals surface area (Å²) in [5, 5.41) is 19.3. The van der Waals surface area contributed by atoms with Crippen LogP contribution in [0.15, 0.2) is 54.7 Å². The molecule has 2 saturated heterocycles. The van der Waals surface area contributed by atoms with Crippen molar-refractivity contribution < 1.29 is 52.1 Å². The maximum atomic E-state index is 15.1. The molecule has 0 aliphatic carbocycles. The molecule has 4 aromatic rings. The normalized spacial score (nSPS) is 17.8. The highest BCUT2D eigenvalue weighted by Crippen LogP contribution is 2.41. The van der Waals surface area contributed by atoms with Gasteiger partial charge in [0.2, 0.25) is 29.5 Å². The zero-order valence-corrected chi connectivity index (χ0v) is 49.2. The second-order valence-corrected chi connectivity index (χ2v) is 22.2. The van der Waals surface area contributed by atoms with Crippen LogP contribution in [-0.2, 0) is 56.0 Å². The van der Waals surface area contributed by atoms with Crippen molar-refractivity contribution in [1.29, 1.82) is 0 Å². The summed E-state index contributed by atoms with van der Waals surface area (Å²) in [6.45, 7) is 20.1. The van der Waals surface area contributed by atoms with Gasteiger partial charge in [0, 0.05) is 51.1 Å². The molecule has 24 nitrogen and oxygen atoms in total. The molecule has 2 fully saturated rings. The Bertz CT molecular complexity index is 2970. The topological polar surface area (TPSA) is 283 Å². The van der Waals surface area contributed by atoms with E-state index in [0.29, 0.717) is 60.9 Å². The van der Waals surface area contributed by atoms with E-state index in [2.05, 4.69) is 41.5 Å². The zero-order valence-electron chi connectivity index (χ0n) is 49.2. The van der Waals surface area contributed by atoms with Crippen LogP contribution >= 0.6 is 0 Å². The molecular formula is C59H81FN14O10. The fraction of sp³-hybridized carbons (Fsp3) is 0.559. The summed E-state index contributed by atoms with van der Waals surface area (Å²) in [4.78, 5) is 99.1. The molecule has 454 valence electrons. The van der Waals surface area contributed by atoms with Gasteiger partial charge in [-0.2, -0.15) is 4.68 Å². The van der Waals surface area contributed by atoms with E-state index in [1.165, 1.54) is 28.1 Å². The third-order valence-corrected chi connectivity index (χ3v) is 15.1. The van der Waals surface area contributed by atoms with Crippen molar-refractivity contribution >= 4 is 52.9 Å². The first-order valence-electron chi connectivity index (χ1n) is 28.7. The minimum absolute atomic E-state index is 0.0124. The Morgan fingerprint density at radius 3 is 2.24 bits per heavy atom. The van der Waals surface area contributed by atoms with Crippen molar-refractivity contribution in [3.63, 3.8) is 0 Å². The van der Waals surface area contributed by atoms with Crippen molar-refractivity contribution in [2.75, 3.05) is 97.2 Å². The lowest BCUT2D eigenvalue weighted by atomic mass is 9.85. The monoisotopic (exact) mass is 1160 g/mol. The van der Waals surface area contributed by atoms with Crippen molar-refractivity contribution in [2.24, 2.45) is 5.41 Å². The van der Waals surface area contributed by atoms with E-state index in [0.717, 1.165) is 12.0 Å². The van der Waals surface area contributed by atoms with Gasteiger partial charge < -0.3 is 70.8 Å². The molecule has 6 atom stereocenters. The van der Waals surface area contributed by atoms with Crippen LogP contribution in [0.5, 0.6) is 0 Å². The third kappa shape index (κ3) is 16.8. The summed E-state index contributed by atoms with van der Waals surface area (Å²) in [6, 6.07) is 10.4. The summed E-state index contributed by atoms with van der Waals surface area (Å²) in [5.74, 6) is -2.00. The molecule has 0 saturated carbocycles. The predicted molar refractivity (Wildman–Crippen MR) is 311 cm³/mol. The Hall–Kier alpha value is -7.63. The van der Waals surface area contributed by atoms with Gasteiger partial charge in [-0.3, -0.25) is 28.8 Å². The number of amides is 6. The standard InChI is InChI=1S/C59H81FN14O10/c1-9-43(38-14-11-10-12-15-38)68-56(78)46-33-42(35-73(46)58(80)51(59(3,4)5)69-55(77)37(2)62-6)66-49(76)18-23-82-25-27-84-29-28-83-26-24-81-22-17-48(75)64-19-21-74-47-36-71(8)57(79)40-30-39(31-41(60)32-40)45-16-13-20-72(45)54-52(61)65-34-44(67-54)50(47)53(63-7)70-74/h10-12,14-15,30-32,34,37,42-43,45-46,51,62H,9,13,16-29,33,35-36H2,1-6,8H3,(H2,61,65)(H,64,75)(H,66,76)(H,68,78)(H,69,77)/t37-,42-,43+,45-,46-,51+/m1/s1. The zero-order chi connectivity index (χ0) is 60.5. The number of benzene rings is 2. The van der Waals surface area contributed by atoms with Crippen LogP contribution in [0.25, 0.3) is 16.1 Å². The van der Waals surface area contributed by atoms with E-state index in [1.807, 2.05) is 62.9 Å². The molecule has 7 rings (SSSR count). The average molecular weight is 1170 g/mol. The largest absolute Gasteiger partial charge is 0.381 e. The van der Waals surface area contributed by atoms with Crippen LogP contribution < -0.4 is 37.2 Å². The predicted octanol–water partition coefficient (Wildman–Crippen LogP) is 3.99. The molecule has 4 bridgehead atoms. The first-order chi connectivity index (χ1) is 40.3. The summed E-state index contributed by atoms with van der Waals surface area (Å²) >= 11 is 0. The minimum atomic E-state index is -0.939. The van der Waals surface area contributed by atoms with Crippen LogP contribution in [0.3, 0.4) is 0 Å². The Morgan fingerprint density at radius 2 is 1.60 bits per heavy atom. The summed E-state index contributed by atoms with van der Waals surface area (Å²) in [6.07, 6.45) is 3.89. The lowest BCUT2D eigenvalue weighted by Gasteiger charge is -2.36. The number of fused-ring (bicyclic) bond motifs is 9. The van der Waals surface area contributed by atoms with Gasteiger partial charge in [-0.25, -0.2) is 14.4 Å². The van der Waals surface area contributed by atoms with E-state index in [4.69, 9.17) is 36.2 Å². The van der Waals surface area contributed by atoms with Gasteiger partial charge >= 0.3 is 5.82 Å². The van der Waals surface area contributed by atoms with E-state index in [9.17, 15) is 28.8 Å². The molecule has 2 aromatic carbocycles. The molecule has 25 heteroatoms. The van der Waals surface area contributed by atoms with Gasteiger partial charge in [0.15, 0.2) is 11.6 Å². The molecule has 7 N–H and O–H groups in total. The maximum absolute atomic E-state index is 15.1. The first-order valence-corrected chi connectivity index (χ1v) is 28.7. The van der Waals surface area contributed by atoms with E-state index in [1.54, 1.807) is 31.8 Å². The number of aromatic nitrogens is 4. The number of rotatable bonds is 27. The fourth-order valence-corrected chi connectivity index (χ4v) is 10.5. The Morgan fingerprint density at radius 1 is 0.929 bits per heavy atom. The van der Waals surface area contributed by atoms with Gasteiger partial charge in [0.05, 0.1) is 107 Å². The number of carbonyl (C=O) groups is 6. The molecule has 6 amide bonds. The molecule has 0 spiro atoms. The summed E-state index contributed by atoms with van der Waals surface area (Å²) in [5.41, 5.74) is 8.65. The van der Waals surface area contributed by atoms with Gasteiger partial charge in [-0.05, 0) is 79.5 Å². The lowest BCUT2D eigenvalue weighted by molar-refractivity contribution is -0.144. The van der Waals surface area contributed by atoms with Crippen LogP contribution in [-0.4, -0.2) is 176 Å². The number of halogens is 1. The van der Waals surface area contributed by atoms with Crippen LogP contribution in [0.4, 0.5) is 21.8 Å². The highest BCUT2D eigenvalue weighted by Gasteiger charge is 2.46. The number of anilines is 2. The number of carbonyl (C=O) groups excluding carboxylic acids is 6. The lowest BCUT2D eigenvalue weighted by Crippen LogP contribution is -2.59. The van der Waals surface area contributed by atoms with E-state index in [-0.39, 0.29) is 138 Å². The van der Waals surface area contributed by atoms with E-state index >= 15 is 4.39 Å². The fourth-order valence-electron chi connectivity index (χ4n) is 10.5. The SMILES string of the molecule is [C-]#[N+]c1nn(CCNC(=O)CCOCCOCCOCCOCCC(=O)N[C@@H]2C[C@H](C(=O)N[C@@H](CC)c3ccccc3)N(C(=O)[C@H](NC(=O)[C@@H](C)NC)C(C)(C)C)C2)c2c1-c1cnc(N)c(n1)N1CCC[C@@H]1c1cc(F)cc(c1)C(=O)N(C)C2. The number of ether oxygens (including phenoxy) is 4. The van der Waals surface area contributed by atoms with Gasteiger partial charge in [0.25, 0.3) is 5.91 Å². The number of hydrogen-bond donors (Lipinski definition) is 6. The summed E-state index contributed by atoms with van der Waals surface area (Å²) < 4.78 is 39.1. The third-order valence-electron chi connectivity index (χ3n) is 15.1. The molecule has 84 heavy (non-hydrogen) atoms. The second kappa shape index (κ2) is 30.3. The second-order valence-electron chi connectivity index (χ2n) is 22.2. The Balaban J connectivity index is 0.785. The molecular weight excluding hydrogens is 1080 g/mol. The van der Waals surface area contributed by atoms with Gasteiger partial charge in [0.1, 0.15) is 17.9 Å². The average Bonchev–Trinajstić information content (AvgIpc) is 3.19. The number of nitrogens with one attached hydrogen (secondary N) is 5.